The van der Waals surface area contributed by atoms with E-state index in [1.807, 2.05) is 4.83 Å². The summed E-state index contributed by atoms with van der Waals surface area (Å²) in [7, 11) is -4.05. The predicted molar refractivity (Wildman–Crippen MR) is 159 cm³/mol. The Hall–Kier alpha value is -3.53. The molecule has 41 heavy (non-hydrogen) atoms. The molecule has 0 fully saturated rings. The minimum Gasteiger partial charge on any atom is -0.339 e. The first-order chi connectivity index (χ1) is 19.2. The number of sulfonamides is 1. The number of nitro groups is 1. The fourth-order valence-corrected chi connectivity index (χ4v) is 4.61. The summed E-state index contributed by atoms with van der Waals surface area (Å²) in [5, 5.41) is 18.6. The zero-order valence-corrected chi connectivity index (χ0v) is 24.8. The number of carbonyl (C=O) groups excluding carboxylic acids is 2. The van der Waals surface area contributed by atoms with Gasteiger partial charge in [-0.1, -0.05) is 70.7 Å². The number of aryl methyl sites for hydroxylation is 1. The second-order valence-electron chi connectivity index (χ2n) is 8.27. The van der Waals surface area contributed by atoms with Crippen molar-refractivity contribution < 1.29 is 22.9 Å². The smallest absolute Gasteiger partial charge is 0.270 e. The molecular weight excluding hydrogens is 639 g/mol. The molecule has 0 heterocycles. The number of thiocarbonyl (C=S) groups is 1. The highest BCUT2D eigenvalue weighted by Crippen LogP contribution is 2.29. The van der Waals surface area contributed by atoms with E-state index < -0.39 is 36.7 Å². The number of nitrogens with zero attached hydrogens (tertiary/aromatic N) is 1. The highest BCUT2D eigenvalue weighted by molar-refractivity contribution is 7.89. The lowest BCUT2D eigenvalue weighted by Crippen LogP contribution is -2.56. The molecule has 3 aromatic carbocycles. The van der Waals surface area contributed by atoms with Crippen molar-refractivity contribution in [3.05, 3.63) is 99.6 Å². The molecule has 0 aliphatic rings. The number of hydrogen-bond donors (Lipinski definition) is 5. The summed E-state index contributed by atoms with van der Waals surface area (Å²) in [5.74, 6) is -1.62. The van der Waals surface area contributed by atoms with E-state index in [0.717, 1.165) is 11.6 Å². The molecular formula is C24H21Cl3N6O6S2. The number of nitro benzene ring substituents is 1. The molecule has 0 aliphatic carbocycles. The minimum atomic E-state index is -4.05. The number of anilines is 1. The molecule has 2 amide bonds. The largest absolute Gasteiger partial charge is 0.339 e. The molecule has 5 N–H and O–H groups in total. The Morgan fingerprint density at radius 1 is 0.951 bits per heavy atom. The van der Waals surface area contributed by atoms with Crippen LogP contribution in [0.25, 0.3) is 0 Å². The Bertz CT molecular complexity index is 1580. The van der Waals surface area contributed by atoms with Crippen molar-refractivity contribution in [3.63, 3.8) is 0 Å². The van der Waals surface area contributed by atoms with Gasteiger partial charge in [-0.25, -0.2) is 8.42 Å². The number of hydrogen-bond acceptors (Lipinski definition) is 7. The first-order valence-electron chi connectivity index (χ1n) is 11.3. The highest BCUT2D eigenvalue weighted by atomic mass is 35.6. The van der Waals surface area contributed by atoms with Crippen LogP contribution in [0.2, 0.25) is 0 Å². The van der Waals surface area contributed by atoms with E-state index >= 15 is 0 Å². The first kappa shape index (κ1) is 32.0. The SMILES string of the molecule is Cc1ccc(S(=O)(=O)NNC(=O)c2ccccc2NC(=S)NC(NC(=O)c2cccc([N+](=O)[O-])c2)C(Cl)(Cl)Cl)cc1. The van der Waals surface area contributed by atoms with Gasteiger partial charge >= 0.3 is 0 Å². The van der Waals surface area contributed by atoms with Gasteiger partial charge in [-0.2, -0.15) is 0 Å². The van der Waals surface area contributed by atoms with Crippen molar-refractivity contribution >= 4 is 85.3 Å². The van der Waals surface area contributed by atoms with E-state index in [4.69, 9.17) is 47.0 Å². The number of amides is 2. The lowest BCUT2D eigenvalue weighted by Gasteiger charge is -2.28. The number of non-ortho nitro benzene ring substituents is 1. The summed E-state index contributed by atoms with van der Waals surface area (Å²) in [5.41, 5.74) is 2.75. The number of hydrazine groups is 1. The number of carbonyl (C=O) groups is 2. The second kappa shape index (κ2) is 13.4. The van der Waals surface area contributed by atoms with Gasteiger partial charge in [-0.3, -0.25) is 25.1 Å². The first-order valence-corrected chi connectivity index (χ1v) is 14.4. The molecule has 3 aromatic rings. The minimum absolute atomic E-state index is 0.00526. The number of para-hydroxylation sites is 1. The van der Waals surface area contributed by atoms with Crippen molar-refractivity contribution in [2.24, 2.45) is 0 Å². The molecule has 0 aliphatic heterocycles. The molecule has 0 radical (unpaired) electrons. The van der Waals surface area contributed by atoms with Crippen LogP contribution in [0.15, 0.2) is 77.7 Å². The van der Waals surface area contributed by atoms with Crippen LogP contribution >= 0.6 is 47.0 Å². The predicted octanol–water partition coefficient (Wildman–Crippen LogP) is 3.94. The Morgan fingerprint density at radius 2 is 1.61 bits per heavy atom. The quantitative estimate of drug-likeness (QED) is 0.0750. The van der Waals surface area contributed by atoms with E-state index in [1.165, 1.54) is 48.5 Å². The molecule has 0 bridgehead atoms. The van der Waals surface area contributed by atoms with Gasteiger partial charge < -0.3 is 16.0 Å². The molecule has 0 saturated heterocycles. The fourth-order valence-electron chi connectivity index (χ4n) is 3.21. The van der Waals surface area contributed by atoms with Crippen LogP contribution in [-0.2, 0) is 10.0 Å². The third-order valence-corrected chi connectivity index (χ3v) is 7.39. The Kier molecular flexibility index (Phi) is 10.5. The third kappa shape index (κ3) is 8.98. The molecule has 3 rings (SSSR count). The van der Waals surface area contributed by atoms with Gasteiger partial charge in [-0.05, 0) is 49.5 Å². The van der Waals surface area contributed by atoms with E-state index in [0.29, 0.717) is 0 Å². The van der Waals surface area contributed by atoms with Crippen molar-refractivity contribution in [3.8, 4) is 0 Å². The summed E-state index contributed by atoms with van der Waals surface area (Å²) in [6.07, 6.45) is -1.43. The average Bonchev–Trinajstić information content (AvgIpc) is 2.91. The number of alkyl halides is 3. The maximum atomic E-state index is 12.8. The van der Waals surface area contributed by atoms with Crippen molar-refractivity contribution in [1.29, 1.82) is 0 Å². The topological polar surface area (TPSA) is 172 Å². The van der Waals surface area contributed by atoms with Crippen molar-refractivity contribution in [2.75, 3.05) is 5.32 Å². The molecule has 17 heteroatoms. The Balaban J connectivity index is 1.70. The van der Waals surface area contributed by atoms with Gasteiger partial charge in [0.05, 0.1) is 21.1 Å². The Morgan fingerprint density at radius 3 is 2.24 bits per heavy atom. The summed E-state index contributed by atoms with van der Waals surface area (Å²) in [6.45, 7) is 1.80. The summed E-state index contributed by atoms with van der Waals surface area (Å²) < 4.78 is 22.9. The monoisotopic (exact) mass is 658 g/mol. The van der Waals surface area contributed by atoms with Gasteiger partial charge in [0.15, 0.2) is 5.11 Å². The van der Waals surface area contributed by atoms with E-state index in [2.05, 4.69) is 21.4 Å². The third-order valence-electron chi connectivity index (χ3n) is 5.25. The number of halogens is 3. The van der Waals surface area contributed by atoms with E-state index in [-0.39, 0.29) is 32.5 Å². The fraction of sp³-hybridized carbons (Fsp3) is 0.125. The molecule has 0 saturated carbocycles. The molecule has 0 spiro atoms. The number of nitrogens with one attached hydrogen (secondary N) is 5. The number of rotatable bonds is 9. The summed E-state index contributed by atoms with van der Waals surface area (Å²) in [4.78, 5) is 37.9. The maximum absolute atomic E-state index is 12.8. The average molecular weight is 660 g/mol. The normalized spacial score (nSPS) is 12.1. The van der Waals surface area contributed by atoms with Crippen LogP contribution < -0.4 is 26.2 Å². The van der Waals surface area contributed by atoms with Crippen LogP contribution in [0.3, 0.4) is 0 Å². The van der Waals surface area contributed by atoms with Gasteiger partial charge in [0, 0.05) is 17.7 Å². The lowest BCUT2D eigenvalue weighted by atomic mass is 10.1. The molecule has 1 unspecified atom stereocenters. The maximum Gasteiger partial charge on any atom is 0.270 e. The summed E-state index contributed by atoms with van der Waals surface area (Å²) >= 11 is 23.3. The van der Waals surface area contributed by atoms with Gasteiger partial charge in [0.2, 0.25) is 3.79 Å². The molecule has 0 aromatic heterocycles. The van der Waals surface area contributed by atoms with Gasteiger partial charge in [0.25, 0.3) is 27.5 Å². The molecule has 216 valence electrons. The van der Waals surface area contributed by atoms with E-state index in [1.54, 1.807) is 25.1 Å². The molecule has 12 nitrogen and oxygen atoms in total. The lowest BCUT2D eigenvalue weighted by molar-refractivity contribution is -0.384. The van der Waals surface area contributed by atoms with Crippen LogP contribution in [-0.4, -0.2) is 40.2 Å². The zero-order valence-electron chi connectivity index (χ0n) is 20.9. The second-order valence-corrected chi connectivity index (χ2v) is 12.7. The van der Waals surface area contributed by atoms with E-state index in [9.17, 15) is 28.1 Å². The van der Waals surface area contributed by atoms with Gasteiger partial charge in [-0.15, -0.1) is 4.83 Å². The standard InChI is InChI=1S/C24H21Cl3N6O6S2/c1-14-9-11-17(12-10-14)41(38,39)32-31-21(35)18-7-2-3-8-19(18)28-23(40)30-22(24(25,26)27)29-20(34)15-5-4-6-16(13-15)33(36)37/h2-13,22,32H,1H3,(H,29,34)(H,31,35)(H2,28,30,40). The molecule has 1 atom stereocenters. The van der Waals surface area contributed by atoms with Crippen LogP contribution in [0, 0.1) is 17.0 Å². The van der Waals surface area contributed by atoms with Gasteiger partial charge in [0.1, 0.15) is 6.17 Å². The van der Waals surface area contributed by atoms with Crippen molar-refractivity contribution in [2.45, 2.75) is 21.8 Å². The number of benzene rings is 3. The Labute approximate surface area is 254 Å². The van der Waals surface area contributed by atoms with Crippen LogP contribution in [0.1, 0.15) is 26.3 Å². The van der Waals surface area contributed by atoms with Crippen LogP contribution in [0.4, 0.5) is 11.4 Å². The van der Waals surface area contributed by atoms with Crippen molar-refractivity contribution in [1.82, 2.24) is 20.9 Å². The zero-order chi connectivity index (χ0) is 30.4. The van der Waals surface area contributed by atoms with Crippen LogP contribution in [0.5, 0.6) is 0 Å². The highest BCUT2D eigenvalue weighted by Gasteiger charge is 2.35. The summed E-state index contributed by atoms with van der Waals surface area (Å²) in [6, 6.07) is 16.9.